The van der Waals surface area contributed by atoms with Crippen LogP contribution >= 0.6 is 0 Å². The Bertz CT molecular complexity index is 197. The average molecular weight is 199 g/mol. The normalized spacial score (nSPS) is 21.9. The van der Waals surface area contributed by atoms with Crippen LogP contribution in [0.5, 0.6) is 0 Å². The summed E-state index contributed by atoms with van der Waals surface area (Å²) in [6.45, 7) is 2.09. The highest BCUT2D eigenvalue weighted by molar-refractivity contribution is 5.70. The summed E-state index contributed by atoms with van der Waals surface area (Å²) in [6, 6.07) is 0.143. The van der Waals surface area contributed by atoms with E-state index in [1.54, 1.807) is 0 Å². The van der Waals surface area contributed by atoms with Gasteiger partial charge in [-0.2, -0.15) is 0 Å². The lowest BCUT2D eigenvalue weighted by molar-refractivity contribution is -0.143. The minimum absolute atomic E-state index is 0.0296. The summed E-state index contributed by atoms with van der Waals surface area (Å²) in [4.78, 5) is 11.3. The minimum atomic E-state index is -0.115. The Hall–Kier alpha value is -0.570. The molecule has 0 bridgehead atoms. The first-order valence-corrected chi connectivity index (χ1v) is 5.47. The van der Waals surface area contributed by atoms with Crippen LogP contribution in [-0.4, -0.2) is 19.1 Å². The van der Waals surface area contributed by atoms with Crippen LogP contribution < -0.4 is 5.73 Å². The summed E-state index contributed by atoms with van der Waals surface area (Å²) in [5, 5.41) is 0. The van der Waals surface area contributed by atoms with E-state index in [1.807, 2.05) is 0 Å². The fourth-order valence-electron chi connectivity index (χ4n) is 2.55. The van der Waals surface area contributed by atoms with Gasteiger partial charge in [0.15, 0.2) is 0 Å². The van der Waals surface area contributed by atoms with Crippen molar-refractivity contribution in [1.29, 1.82) is 0 Å². The lowest BCUT2D eigenvalue weighted by Crippen LogP contribution is -2.41. The van der Waals surface area contributed by atoms with Gasteiger partial charge in [-0.3, -0.25) is 4.79 Å². The summed E-state index contributed by atoms with van der Waals surface area (Å²) >= 11 is 0. The fraction of sp³-hybridized carbons (Fsp3) is 0.909. The molecule has 0 heterocycles. The van der Waals surface area contributed by atoms with Gasteiger partial charge in [-0.05, 0) is 24.7 Å². The molecule has 1 aliphatic rings. The first-order chi connectivity index (χ1) is 6.64. The maximum atomic E-state index is 11.3. The second-order valence-corrected chi connectivity index (χ2v) is 4.34. The zero-order valence-electron chi connectivity index (χ0n) is 9.21. The van der Waals surface area contributed by atoms with Crippen molar-refractivity contribution in [2.75, 3.05) is 7.11 Å². The largest absolute Gasteiger partial charge is 0.469 e. The molecule has 1 fully saturated rings. The number of hydrogen-bond acceptors (Lipinski definition) is 3. The molecule has 2 N–H and O–H groups in total. The van der Waals surface area contributed by atoms with Crippen LogP contribution in [-0.2, 0) is 9.53 Å². The number of ether oxygens (including phenoxy) is 1. The summed E-state index contributed by atoms with van der Waals surface area (Å²) in [7, 11) is 1.45. The summed E-state index contributed by atoms with van der Waals surface area (Å²) in [5.41, 5.74) is 6.14. The molecule has 0 aliphatic heterocycles. The zero-order chi connectivity index (χ0) is 10.6. The molecule has 3 nitrogen and oxygen atoms in total. The predicted octanol–water partition coefficient (Wildman–Crippen LogP) is 1.85. The van der Waals surface area contributed by atoms with Gasteiger partial charge in [0, 0.05) is 6.04 Å². The summed E-state index contributed by atoms with van der Waals surface area (Å²) < 4.78 is 4.74. The molecule has 0 saturated heterocycles. The van der Waals surface area contributed by atoms with Crippen molar-refractivity contribution in [3.8, 4) is 0 Å². The van der Waals surface area contributed by atoms with Crippen LogP contribution in [0.2, 0.25) is 0 Å². The molecule has 0 aromatic heterocycles. The van der Waals surface area contributed by atoms with Crippen molar-refractivity contribution in [1.82, 2.24) is 0 Å². The third-order valence-electron chi connectivity index (χ3n) is 3.55. The lowest BCUT2D eigenvalue weighted by Gasteiger charge is -2.33. The second kappa shape index (κ2) is 4.78. The van der Waals surface area contributed by atoms with E-state index in [1.165, 1.54) is 20.0 Å². The van der Waals surface area contributed by atoms with E-state index in [2.05, 4.69) is 6.92 Å². The van der Waals surface area contributed by atoms with Gasteiger partial charge in [-0.1, -0.05) is 19.8 Å². The number of carbonyl (C=O) groups excluding carboxylic acids is 1. The van der Waals surface area contributed by atoms with Gasteiger partial charge in [0.25, 0.3) is 0 Å². The maximum Gasteiger partial charge on any atom is 0.306 e. The molecule has 0 amide bonds. The quantitative estimate of drug-likeness (QED) is 0.703. The van der Waals surface area contributed by atoms with Crippen LogP contribution in [0.1, 0.15) is 45.4 Å². The number of esters is 1. The Morgan fingerprint density at radius 1 is 1.50 bits per heavy atom. The molecule has 3 heteroatoms. The van der Waals surface area contributed by atoms with Crippen LogP contribution in [0.25, 0.3) is 0 Å². The molecule has 1 saturated carbocycles. The third-order valence-corrected chi connectivity index (χ3v) is 3.55. The fourth-order valence-corrected chi connectivity index (χ4v) is 2.55. The molecule has 1 rings (SSSR count). The number of hydrogen-bond donors (Lipinski definition) is 1. The first kappa shape index (κ1) is 11.5. The van der Waals surface area contributed by atoms with Gasteiger partial charge < -0.3 is 10.5 Å². The second-order valence-electron chi connectivity index (χ2n) is 4.34. The summed E-state index contributed by atoms with van der Waals surface area (Å²) in [6.07, 6.45) is 6.00. The van der Waals surface area contributed by atoms with E-state index < -0.39 is 0 Å². The number of rotatable bonds is 4. The minimum Gasteiger partial charge on any atom is -0.469 e. The van der Waals surface area contributed by atoms with Crippen molar-refractivity contribution in [2.24, 2.45) is 11.1 Å². The van der Waals surface area contributed by atoms with Gasteiger partial charge in [0.2, 0.25) is 0 Å². The average Bonchev–Trinajstić information content (AvgIpc) is 2.66. The Kier molecular flexibility index (Phi) is 3.93. The van der Waals surface area contributed by atoms with Gasteiger partial charge in [-0.15, -0.1) is 0 Å². The van der Waals surface area contributed by atoms with E-state index >= 15 is 0 Å². The van der Waals surface area contributed by atoms with Gasteiger partial charge >= 0.3 is 5.97 Å². The Labute approximate surface area is 86.0 Å². The van der Waals surface area contributed by atoms with E-state index in [0.29, 0.717) is 6.42 Å². The Morgan fingerprint density at radius 3 is 2.50 bits per heavy atom. The molecule has 82 valence electrons. The van der Waals surface area contributed by atoms with Crippen molar-refractivity contribution in [3.63, 3.8) is 0 Å². The number of nitrogens with two attached hydrogens (primary N) is 1. The lowest BCUT2D eigenvalue weighted by atomic mass is 9.75. The number of carbonyl (C=O) groups is 1. The van der Waals surface area contributed by atoms with E-state index in [0.717, 1.165) is 19.3 Å². The van der Waals surface area contributed by atoms with E-state index in [9.17, 15) is 4.79 Å². The van der Waals surface area contributed by atoms with Crippen LogP contribution in [0, 0.1) is 5.41 Å². The topological polar surface area (TPSA) is 52.3 Å². The van der Waals surface area contributed by atoms with Crippen molar-refractivity contribution < 1.29 is 9.53 Å². The van der Waals surface area contributed by atoms with Crippen LogP contribution in [0.3, 0.4) is 0 Å². The highest BCUT2D eigenvalue weighted by atomic mass is 16.5. The standard InChI is InChI=1S/C11H21NO2/c1-3-9(12)11(6-4-5-7-11)8-10(13)14-2/h9H,3-8,12H2,1-2H3. The zero-order valence-corrected chi connectivity index (χ0v) is 9.21. The van der Waals surface area contributed by atoms with E-state index in [-0.39, 0.29) is 17.4 Å². The molecule has 1 unspecified atom stereocenters. The molecular weight excluding hydrogens is 178 g/mol. The smallest absolute Gasteiger partial charge is 0.306 e. The summed E-state index contributed by atoms with van der Waals surface area (Å²) in [5.74, 6) is -0.115. The number of methoxy groups -OCH3 is 1. The molecule has 14 heavy (non-hydrogen) atoms. The molecular formula is C11H21NO2. The SMILES string of the molecule is CCC(N)C1(CC(=O)OC)CCCC1. The molecule has 1 aliphatic carbocycles. The van der Waals surface area contributed by atoms with Gasteiger partial charge in [0.1, 0.15) is 0 Å². The third kappa shape index (κ3) is 2.27. The molecule has 0 radical (unpaired) electrons. The van der Waals surface area contributed by atoms with Crippen molar-refractivity contribution in [2.45, 2.75) is 51.5 Å². The molecule has 0 spiro atoms. The van der Waals surface area contributed by atoms with Crippen LogP contribution in [0.15, 0.2) is 0 Å². The Morgan fingerprint density at radius 2 is 2.07 bits per heavy atom. The maximum absolute atomic E-state index is 11.3. The van der Waals surface area contributed by atoms with Gasteiger partial charge in [-0.25, -0.2) is 0 Å². The molecule has 1 atom stereocenters. The highest BCUT2D eigenvalue weighted by Crippen LogP contribution is 2.44. The first-order valence-electron chi connectivity index (χ1n) is 5.47. The molecule has 0 aromatic rings. The van der Waals surface area contributed by atoms with Crippen molar-refractivity contribution in [3.05, 3.63) is 0 Å². The van der Waals surface area contributed by atoms with Crippen LogP contribution in [0.4, 0.5) is 0 Å². The van der Waals surface area contributed by atoms with Gasteiger partial charge in [0.05, 0.1) is 13.5 Å². The Balaban J connectivity index is 2.66. The highest BCUT2D eigenvalue weighted by Gasteiger charge is 2.40. The predicted molar refractivity (Wildman–Crippen MR) is 55.8 cm³/mol. The van der Waals surface area contributed by atoms with E-state index in [4.69, 9.17) is 10.5 Å². The monoisotopic (exact) mass is 199 g/mol. The molecule has 0 aromatic carbocycles. The van der Waals surface area contributed by atoms with Crippen molar-refractivity contribution >= 4 is 5.97 Å².